The van der Waals surface area contributed by atoms with E-state index in [0.717, 1.165) is 22.9 Å². The fourth-order valence-electron chi connectivity index (χ4n) is 1.42. The molecule has 14 heavy (non-hydrogen) atoms. The zero-order valence-electron chi connectivity index (χ0n) is 8.48. The van der Waals surface area contributed by atoms with Crippen LogP contribution in [0.15, 0.2) is 22.7 Å². The van der Waals surface area contributed by atoms with Crippen LogP contribution in [0.2, 0.25) is 0 Å². The second-order valence-electron chi connectivity index (χ2n) is 3.33. The van der Waals surface area contributed by atoms with Gasteiger partial charge >= 0.3 is 0 Å². The third kappa shape index (κ3) is 3.07. The van der Waals surface area contributed by atoms with Gasteiger partial charge in [0.25, 0.3) is 0 Å². The minimum atomic E-state index is -0.123. The van der Waals surface area contributed by atoms with E-state index in [4.69, 9.17) is 0 Å². The monoisotopic (exact) mass is 259 g/mol. The van der Waals surface area contributed by atoms with E-state index in [1.165, 1.54) is 6.07 Å². The number of likely N-dealkylation sites (N-methyl/N-ethyl adjacent to an activating group) is 1. The van der Waals surface area contributed by atoms with Crippen molar-refractivity contribution >= 4 is 15.9 Å². The van der Waals surface area contributed by atoms with Gasteiger partial charge in [-0.15, -0.1) is 0 Å². The summed E-state index contributed by atoms with van der Waals surface area (Å²) < 4.78 is 14.3. The molecule has 1 rings (SSSR count). The van der Waals surface area contributed by atoms with Crippen LogP contribution in [-0.4, -0.2) is 13.1 Å². The number of nitrogens with one attached hydrogen (secondary N) is 1. The summed E-state index contributed by atoms with van der Waals surface area (Å²) in [6.45, 7) is 2.09. The average molecular weight is 260 g/mol. The lowest BCUT2D eigenvalue weighted by atomic mass is 10.0. The van der Waals surface area contributed by atoms with Crippen LogP contribution in [0.4, 0.5) is 4.39 Å². The Hall–Kier alpha value is -0.410. The first-order chi connectivity index (χ1) is 6.67. The van der Waals surface area contributed by atoms with Crippen molar-refractivity contribution < 1.29 is 4.39 Å². The van der Waals surface area contributed by atoms with Crippen LogP contribution in [0.1, 0.15) is 18.9 Å². The van der Waals surface area contributed by atoms with Crippen LogP contribution in [-0.2, 0) is 6.42 Å². The van der Waals surface area contributed by atoms with Crippen LogP contribution in [0.5, 0.6) is 0 Å². The van der Waals surface area contributed by atoms with Gasteiger partial charge in [-0.2, -0.15) is 0 Å². The molecule has 78 valence electrons. The first kappa shape index (κ1) is 11.7. The molecule has 0 amide bonds. The standard InChI is InChI=1S/C11H15BrFN/c1-3-10(14-2)7-8-6-9(12)4-5-11(8)13/h4-6,10,14H,3,7H2,1-2H3. The molecule has 1 atom stereocenters. The Kier molecular flexibility index (Phi) is 4.55. The predicted molar refractivity (Wildman–Crippen MR) is 60.9 cm³/mol. The summed E-state index contributed by atoms with van der Waals surface area (Å²) in [6.07, 6.45) is 1.74. The highest BCUT2D eigenvalue weighted by Crippen LogP contribution is 2.17. The number of hydrogen-bond donors (Lipinski definition) is 1. The maximum Gasteiger partial charge on any atom is 0.126 e. The Morgan fingerprint density at radius 1 is 1.50 bits per heavy atom. The summed E-state index contributed by atoms with van der Waals surface area (Å²) in [5, 5.41) is 3.16. The van der Waals surface area contributed by atoms with Crippen molar-refractivity contribution in [1.82, 2.24) is 5.32 Å². The molecule has 0 spiro atoms. The fourth-order valence-corrected chi connectivity index (χ4v) is 1.82. The lowest BCUT2D eigenvalue weighted by Crippen LogP contribution is -2.26. The smallest absolute Gasteiger partial charge is 0.126 e. The summed E-state index contributed by atoms with van der Waals surface area (Å²) in [4.78, 5) is 0. The van der Waals surface area contributed by atoms with Gasteiger partial charge in [0.05, 0.1) is 0 Å². The Labute approximate surface area is 92.8 Å². The first-order valence-electron chi connectivity index (χ1n) is 4.78. The molecule has 0 aromatic heterocycles. The normalized spacial score (nSPS) is 12.9. The molecule has 0 aliphatic rings. The molecule has 0 fully saturated rings. The summed E-state index contributed by atoms with van der Waals surface area (Å²) >= 11 is 3.34. The Morgan fingerprint density at radius 2 is 2.21 bits per heavy atom. The summed E-state index contributed by atoms with van der Waals surface area (Å²) in [6, 6.07) is 5.41. The summed E-state index contributed by atoms with van der Waals surface area (Å²) in [7, 11) is 1.91. The highest BCUT2D eigenvalue weighted by Gasteiger charge is 2.08. The molecule has 0 heterocycles. The van der Waals surface area contributed by atoms with E-state index in [-0.39, 0.29) is 5.82 Å². The van der Waals surface area contributed by atoms with Gasteiger partial charge in [-0.25, -0.2) is 4.39 Å². The van der Waals surface area contributed by atoms with Crippen LogP contribution in [0.3, 0.4) is 0 Å². The lowest BCUT2D eigenvalue weighted by molar-refractivity contribution is 0.522. The lowest BCUT2D eigenvalue weighted by Gasteiger charge is -2.14. The van der Waals surface area contributed by atoms with Gasteiger partial charge in [0.2, 0.25) is 0 Å². The third-order valence-electron chi connectivity index (χ3n) is 2.38. The van der Waals surface area contributed by atoms with E-state index < -0.39 is 0 Å². The molecule has 1 nitrogen and oxygen atoms in total. The molecule has 0 aliphatic heterocycles. The minimum absolute atomic E-state index is 0.123. The van der Waals surface area contributed by atoms with E-state index in [9.17, 15) is 4.39 Å². The van der Waals surface area contributed by atoms with Crippen molar-refractivity contribution in [3.8, 4) is 0 Å². The topological polar surface area (TPSA) is 12.0 Å². The fraction of sp³-hybridized carbons (Fsp3) is 0.455. The van der Waals surface area contributed by atoms with Crippen molar-refractivity contribution in [3.05, 3.63) is 34.1 Å². The van der Waals surface area contributed by atoms with Crippen molar-refractivity contribution in [3.63, 3.8) is 0 Å². The van der Waals surface area contributed by atoms with Gasteiger partial charge in [-0.1, -0.05) is 22.9 Å². The van der Waals surface area contributed by atoms with E-state index in [0.29, 0.717) is 6.04 Å². The van der Waals surface area contributed by atoms with Crippen molar-refractivity contribution in [2.24, 2.45) is 0 Å². The van der Waals surface area contributed by atoms with Gasteiger partial charge in [0, 0.05) is 10.5 Å². The van der Waals surface area contributed by atoms with Crippen molar-refractivity contribution in [1.29, 1.82) is 0 Å². The van der Waals surface area contributed by atoms with E-state index >= 15 is 0 Å². The molecule has 0 radical (unpaired) electrons. The molecule has 0 saturated heterocycles. The zero-order valence-corrected chi connectivity index (χ0v) is 10.1. The average Bonchev–Trinajstić information content (AvgIpc) is 2.19. The van der Waals surface area contributed by atoms with Crippen molar-refractivity contribution in [2.75, 3.05) is 7.05 Å². The molecule has 3 heteroatoms. The largest absolute Gasteiger partial charge is 0.317 e. The maximum absolute atomic E-state index is 13.4. The SMILES string of the molecule is CCC(Cc1cc(Br)ccc1F)NC. The summed E-state index contributed by atoms with van der Waals surface area (Å²) in [5.74, 6) is -0.123. The van der Waals surface area contributed by atoms with Gasteiger partial charge in [-0.05, 0) is 43.7 Å². The predicted octanol–water partition coefficient (Wildman–Crippen LogP) is 3.13. The van der Waals surface area contributed by atoms with E-state index in [2.05, 4.69) is 28.2 Å². The van der Waals surface area contributed by atoms with Crippen LogP contribution in [0.25, 0.3) is 0 Å². The molecule has 0 aliphatic carbocycles. The number of halogens is 2. The molecule has 0 bridgehead atoms. The first-order valence-corrected chi connectivity index (χ1v) is 5.57. The number of benzene rings is 1. The molecule has 1 unspecified atom stereocenters. The van der Waals surface area contributed by atoms with Gasteiger partial charge in [-0.3, -0.25) is 0 Å². The second-order valence-corrected chi connectivity index (χ2v) is 4.25. The Bertz CT molecular complexity index is 297. The number of hydrogen-bond acceptors (Lipinski definition) is 1. The van der Waals surface area contributed by atoms with Crippen LogP contribution < -0.4 is 5.32 Å². The van der Waals surface area contributed by atoms with Gasteiger partial charge < -0.3 is 5.32 Å². The zero-order chi connectivity index (χ0) is 10.6. The summed E-state index contributed by atoms with van der Waals surface area (Å²) in [5.41, 5.74) is 0.764. The minimum Gasteiger partial charge on any atom is -0.317 e. The van der Waals surface area contributed by atoms with E-state index in [1.54, 1.807) is 6.07 Å². The molecule has 0 saturated carbocycles. The van der Waals surface area contributed by atoms with Gasteiger partial charge in [0.15, 0.2) is 0 Å². The van der Waals surface area contributed by atoms with Crippen molar-refractivity contribution in [2.45, 2.75) is 25.8 Å². The van der Waals surface area contributed by atoms with Gasteiger partial charge in [0.1, 0.15) is 5.82 Å². The molecule has 1 aromatic carbocycles. The van der Waals surface area contributed by atoms with Crippen LogP contribution in [0, 0.1) is 5.82 Å². The molecular weight excluding hydrogens is 245 g/mol. The second kappa shape index (κ2) is 5.47. The maximum atomic E-state index is 13.4. The molecule has 1 N–H and O–H groups in total. The number of rotatable bonds is 4. The van der Waals surface area contributed by atoms with Crippen LogP contribution >= 0.6 is 15.9 Å². The van der Waals surface area contributed by atoms with E-state index in [1.807, 2.05) is 13.1 Å². The highest BCUT2D eigenvalue weighted by atomic mass is 79.9. The Balaban J connectivity index is 2.79. The quantitative estimate of drug-likeness (QED) is 0.877. The Morgan fingerprint density at radius 3 is 2.79 bits per heavy atom. The molecular formula is C11H15BrFN. The third-order valence-corrected chi connectivity index (χ3v) is 2.87. The highest BCUT2D eigenvalue weighted by molar-refractivity contribution is 9.10. The molecule has 1 aromatic rings.